The number of nitro benzene ring substituents is 1. The number of nitrogens with zero attached hydrogens (tertiary/aromatic N) is 2. The van der Waals surface area contributed by atoms with Crippen LogP contribution in [0.15, 0.2) is 36.4 Å². The summed E-state index contributed by atoms with van der Waals surface area (Å²) in [6.45, 7) is 1.62. The van der Waals surface area contributed by atoms with Crippen LogP contribution in [0.5, 0.6) is 5.75 Å². The molecule has 0 radical (unpaired) electrons. The Morgan fingerprint density at radius 2 is 1.97 bits per heavy atom. The second-order valence-electron chi connectivity index (χ2n) is 8.38. The van der Waals surface area contributed by atoms with Gasteiger partial charge in [0.2, 0.25) is 0 Å². The lowest BCUT2D eigenvalue weighted by Gasteiger charge is -2.50. The van der Waals surface area contributed by atoms with Gasteiger partial charge in [-0.2, -0.15) is 0 Å². The van der Waals surface area contributed by atoms with Crippen LogP contribution in [0.4, 0.5) is 11.4 Å². The molecule has 0 bridgehead atoms. The number of rotatable bonds is 6. The van der Waals surface area contributed by atoms with Crippen molar-refractivity contribution in [2.24, 2.45) is 0 Å². The van der Waals surface area contributed by atoms with Crippen LogP contribution in [0.1, 0.15) is 24.1 Å². The quantitative estimate of drug-likeness (QED) is 0.280. The van der Waals surface area contributed by atoms with E-state index in [4.69, 9.17) is 30.5 Å². The average Bonchev–Trinajstić information content (AvgIpc) is 3.18. The number of nitro groups is 1. The van der Waals surface area contributed by atoms with Crippen molar-refractivity contribution in [2.75, 3.05) is 26.2 Å². The number of benzene rings is 2. The highest BCUT2D eigenvalue weighted by molar-refractivity contribution is 6.30. The second kappa shape index (κ2) is 9.03. The maximum Gasteiger partial charge on any atom is 0.328 e. The molecular formula is C23H25ClN2O8. The first kappa shape index (κ1) is 24.2. The smallest absolute Gasteiger partial charge is 0.328 e. The highest BCUT2D eigenvalue weighted by Crippen LogP contribution is 2.50. The molecule has 2 heterocycles. The van der Waals surface area contributed by atoms with E-state index in [9.17, 15) is 20.0 Å². The fraction of sp³-hybridized carbons (Fsp3) is 0.435. The minimum atomic E-state index is -1.42. The lowest BCUT2D eigenvalue weighted by molar-refractivity contribution is -0.385. The standard InChI is InChI=1S/C23H25ClN2O8/c1-23(22(32-3)33-4)20(27)19(15-11-14(26(29)30)6-8-18(15)34-23)25-16-7-5-13(24)9-12(16)10-17(25)21(28)31-2/h5-9,11,17,19-20,22,27H,10H2,1-4H3/t17-,19+,20-,23+/m1/s1. The number of methoxy groups -OCH3 is 3. The van der Waals surface area contributed by atoms with Gasteiger partial charge < -0.3 is 29.0 Å². The number of non-ortho nitro benzene ring substituents is 1. The SMILES string of the molecule is COC(=O)[C@H]1Cc2cc(Cl)ccc2N1[C@H]1c2cc([N+](=O)[O-])ccc2O[C@](C)(C(OC)OC)[C@@H]1O. The Balaban J connectivity index is 1.96. The number of fused-ring (bicyclic) bond motifs is 2. The molecule has 34 heavy (non-hydrogen) atoms. The molecule has 0 fully saturated rings. The van der Waals surface area contributed by atoms with Crippen LogP contribution >= 0.6 is 11.6 Å². The van der Waals surface area contributed by atoms with E-state index in [1.165, 1.54) is 39.5 Å². The summed E-state index contributed by atoms with van der Waals surface area (Å²) in [6, 6.07) is 7.57. The van der Waals surface area contributed by atoms with Gasteiger partial charge >= 0.3 is 5.97 Å². The molecule has 11 heteroatoms. The molecule has 0 aromatic heterocycles. The number of aliphatic hydroxyl groups excluding tert-OH is 1. The van der Waals surface area contributed by atoms with Crippen LogP contribution in [-0.2, 0) is 25.4 Å². The monoisotopic (exact) mass is 492 g/mol. The molecule has 2 aromatic carbocycles. The zero-order valence-corrected chi connectivity index (χ0v) is 19.8. The van der Waals surface area contributed by atoms with E-state index in [0.717, 1.165) is 5.56 Å². The van der Waals surface area contributed by atoms with Crippen molar-refractivity contribution in [3.05, 3.63) is 62.7 Å². The Morgan fingerprint density at radius 3 is 2.59 bits per heavy atom. The predicted molar refractivity (Wildman–Crippen MR) is 122 cm³/mol. The number of ether oxygens (including phenoxy) is 4. The minimum absolute atomic E-state index is 0.177. The third kappa shape index (κ3) is 3.76. The summed E-state index contributed by atoms with van der Waals surface area (Å²) in [5, 5.41) is 23.8. The summed E-state index contributed by atoms with van der Waals surface area (Å²) in [5.41, 5.74) is 0.181. The molecule has 0 amide bonds. The second-order valence-corrected chi connectivity index (χ2v) is 8.82. The molecule has 182 valence electrons. The van der Waals surface area contributed by atoms with Gasteiger partial charge in [-0.05, 0) is 36.8 Å². The third-order valence-electron chi connectivity index (χ3n) is 6.48. The summed E-state index contributed by atoms with van der Waals surface area (Å²) >= 11 is 6.20. The molecule has 0 saturated carbocycles. The molecule has 4 atom stereocenters. The van der Waals surface area contributed by atoms with E-state index in [0.29, 0.717) is 22.0 Å². The summed E-state index contributed by atoms with van der Waals surface area (Å²) in [5.74, 6) is -0.219. The molecule has 0 unspecified atom stereocenters. The van der Waals surface area contributed by atoms with Crippen molar-refractivity contribution in [2.45, 2.75) is 43.4 Å². The summed E-state index contributed by atoms with van der Waals surface area (Å²) in [4.78, 5) is 25.6. The zero-order chi connectivity index (χ0) is 24.8. The summed E-state index contributed by atoms with van der Waals surface area (Å²) < 4.78 is 22.1. The molecule has 4 rings (SSSR count). The molecule has 2 aliphatic heterocycles. The average molecular weight is 493 g/mol. The number of hydrogen-bond donors (Lipinski definition) is 1. The zero-order valence-electron chi connectivity index (χ0n) is 19.1. The van der Waals surface area contributed by atoms with Gasteiger partial charge in [-0.3, -0.25) is 10.1 Å². The molecule has 0 aliphatic carbocycles. The van der Waals surface area contributed by atoms with Crippen molar-refractivity contribution < 1.29 is 33.8 Å². The maximum atomic E-state index is 12.9. The van der Waals surface area contributed by atoms with Gasteiger partial charge in [0.25, 0.3) is 5.69 Å². The molecule has 2 aromatic rings. The number of halogens is 1. The van der Waals surface area contributed by atoms with Crippen LogP contribution in [0, 0.1) is 10.1 Å². The van der Waals surface area contributed by atoms with Crippen LogP contribution in [0.25, 0.3) is 0 Å². The highest BCUT2D eigenvalue weighted by atomic mass is 35.5. The first-order valence-electron chi connectivity index (χ1n) is 10.5. The molecule has 10 nitrogen and oxygen atoms in total. The van der Waals surface area contributed by atoms with Gasteiger partial charge in [0.15, 0.2) is 11.9 Å². The number of carbonyl (C=O) groups excluding carboxylic acids is 1. The fourth-order valence-electron chi connectivity index (χ4n) is 4.93. The van der Waals surface area contributed by atoms with Crippen molar-refractivity contribution in [3.63, 3.8) is 0 Å². The molecule has 0 spiro atoms. The van der Waals surface area contributed by atoms with Gasteiger partial charge in [-0.25, -0.2) is 4.79 Å². The van der Waals surface area contributed by atoms with E-state index in [-0.39, 0.29) is 12.1 Å². The Bertz CT molecular complexity index is 1120. The van der Waals surface area contributed by atoms with Crippen LogP contribution in [0.2, 0.25) is 5.02 Å². The van der Waals surface area contributed by atoms with Crippen molar-refractivity contribution in [1.29, 1.82) is 0 Å². The lowest BCUT2D eigenvalue weighted by atomic mass is 9.83. The lowest BCUT2D eigenvalue weighted by Crippen LogP contribution is -2.63. The number of esters is 1. The van der Waals surface area contributed by atoms with E-state index < -0.39 is 41.0 Å². The van der Waals surface area contributed by atoms with Gasteiger partial charge in [-0.15, -0.1) is 0 Å². The largest absolute Gasteiger partial charge is 0.479 e. The topological polar surface area (TPSA) is 121 Å². The Kier molecular flexibility index (Phi) is 6.43. The van der Waals surface area contributed by atoms with Crippen LogP contribution < -0.4 is 9.64 Å². The normalized spacial score (nSPS) is 25.5. The van der Waals surface area contributed by atoms with Gasteiger partial charge in [0, 0.05) is 49.0 Å². The summed E-state index contributed by atoms with van der Waals surface area (Å²) in [6.07, 6.45) is -2.04. The van der Waals surface area contributed by atoms with Crippen molar-refractivity contribution in [1.82, 2.24) is 0 Å². The third-order valence-corrected chi connectivity index (χ3v) is 6.71. The first-order valence-corrected chi connectivity index (χ1v) is 10.9. The van der Waals surface area contributed by atoms with E-state index in [1.807, 2.05) is 0 Å². The van der Waals surface area contributed by atoms with Crippen LogP contribution in [-0.4, -0.2) is 61.4 Å². The van der Waals surface area contributed by atoms with E-state index in [1.54, 1.807) is 30.0 Å². The number of anilines is 1. The summed E-state index contributed by atoms with van der Waals surface area (Å²) in [7, 11) is 4.12. The molecule has 2 aliphatic rings. The predicted octanol–water partition coefficient (Wildman–Crippen LogP) is 3.02. The van der Waals surface area contributed by atoms with E-state index >= 15 is 0 Å². The Hall–Kier alpha value is -2.92. The van der Waals surface area contributed by atoms with Gasteiger partial charge in [-0.1, -0.05) is 11.6 Å². The minimum Gasteiger partial charge on any atom is -0.479 e. The first-order chi connectivity index (χ1) is 16.2. The number of hydrogen-bond acceptors (Lipinski definition) is 9. The number of aliphatic hydroxyl groups is 1. The molecule has 0 saturated heterocycles. The Morgan fingerprint density at radius 1 is 1.26 bits per heavy atom. The number of carbonyl (C=O) groups is 1. The van der Waals surface area contributed by atoms with Gasteiger partial charge in [0.05, 0.1) is 18.1 Å². The van der Waals surface area contributed by atoms with Crippen molar-refractivity contribution in [3.8, 4) is 5.75 Å². The highest BCUT2D eigenvalue weighted by Gasteiger charge is 2.56. The maximum absolute atomic E-state index is 12.9. The van der Waals surface area contributed by atoms with Crippen LogP contribution in [0.3, 0.4) is 0 Å². The van der Waals surface area contributed by atoms with Gasteiger partial charge in [0.1, 0.15) is 17.9 Å². The fourth-order valence-corrected chi connectivity index (χ4v) is 5.12. The van der Waals surface area contributed by atoms with E-state index in [2.05, 4.69) is 0 Å². The molecule has 1 N–H and O–H groups in total. The van der Waals surface area contributed by atoms with Crippen molar-refractivity contribution >= 4 is 28.9 Å². The Labute approximate surface area is 201 Å². The molecular weight excluding hydrogens is 468 g/mol.